The van der Waals surface area contributed by atoms with Gasteiger partial charge in [0, 0.05) is 13.2 Å². The van der Waals surface area contributed by atoms with Crippen molar-refractivity contribution < 1.29 is 9.32 Å². The van der Waals surface area contributed by atoms with Gasteiger partial charge in [0.15, 0.2) is 0 Å². The van der Waals surface area contributed by atoms with Gasteiger partial charge in [-0.25, -0.2) is 0 Å². The Labute approximate surface area is 118 Å². The minimum Gasteiger partial charge on any atom is -0.342 e. The Balaban J connectivity index is 1.64. The Kier molecular flexibility index (Phi) is 3.30. The number of nitrogens with one attached hydrogen (secondary N) is 1. The number of carbonyl (C=O) groups excluding carboxylic acids is 1. The normalized spacial score (nSPS) is 10.7. The molecule has 1 N–H and O–H groups in total. The Morgan fingerprint density at radius 2 is 2.45 bits per heavy atom. The van der Waals surface area contributed by atoms with Crippen LogP contribution in [0.1, 0.15) is 15.6 Å². The predicted octanol–water partition coefficient (Wildman–Crippen LogP) is 1.46. The molecule has 3 aromatic heterocycles. The SMILES string of the molecule is Cn1cc(-c2noc(CNC(=O)c3cccs3)n2)cn1. The van der Waals surface area contributed by atoms with Crippen LogP contribution < -0.4 is 5.32 Å². The molecule has 0 radical (unpaired) electrons. The summed E-state index contributed by atoms with van der Waals surface area (Å²) in [7, 11) is 1.81. The lowest BCUT2D eigenvalue weighted by molar-refractivity contribution is 0.0950. The summed E-state index contributed by atoms with van der Waals surface area (Å²) in [6, 6.07) is 3.58. The maximum absolute atomic E-state index is 11.8. The number of thiophene rings is 1. The fourth-order valence-corrected chi connectivity index (χ4v) is 2.27. The molecule has 7 nitrogen and oxygen atoms in total. The van der Waals surface area contributed by atoms with Crippen LogP contribution in [0.15, 0.2) is 34.4 Å². The summed E-state index contributed by atoms with van der Waals surface area (Å²) >= 11 is 1.38. The highest BCUT2D eigenvalue weighted by molar-refractivity contribution is 7.12. The lowest BCUT2D eigenvalue weighted by atomic mass is 10.3. The molecule has 0 atom stereocenters. The lowest BCUT2D eigenvalue weighted by Crippen LogP contribution is -2.21. The lowest BCUT2D eigenvalue weighted by Gasteiger charge is -1.98. The summed E-state index contributed by atoms with van der Waals surface area (Å²) in [6.45, 7) is 0.198. The van der Waals surface area contributed by atoms with Crippen molar-refractivity contribution in [2.75, 3.05) is 0 Å². The second-order valence-corrected chi connectivity index (χ2v) is 5.02. The van der Waals surface area contributed by atoms with Crippen LogP contribution in [-0.4, -0.2) is 25.8 Å². The first-order valence-electron chi connectivity index (χ1n) is 5.85. The van der Waals surface area contributed by atoms with Gasteiger partial charge in [-0.05, 0) is 11.4 Å². The highest BCUT2D eigenvalue weighted by Gasteiger charge is 2.12. The van der Waals surface area contributed by atoms with E-state index in [0.717, 1.165) is 5.56 Å². The van der Waals surface area contributed by atoms with E-state index in [0.29, 0.717) is 16.6 Å². The van der Waals surface area contributed by atoms with Crippen LogP contribution in [0.25, 0.3) is 11.4 Å². The van der Waals surface area contributed by atoms with Crippen molar-refractivity contribution in [3.63, 3.8) is 0 Å². The van der Waals surface area contributed by atoms with Crippen LogP contribution in [0.3, 0.4) is 0 Å². The quantitative estimate of drug-likeness (QED) is 0.786. The Hall–Kier alpha value is -2.48. The van der Waals surface area contributed by atoms with Crippen LogP contribution in [0, 0.1) is 0 Å². The summed E-state index contributed by atoms with van der Waals surface area (Å²) in [5, 5.41) is 12.5. The van der Waals surface area contributed by atoms with Crippen LogP contribution in [-0.2, 0) is 13.6 Å². The first kappa shape index (κ1) is 12.5. The standard InChI is InChI=1S/C12H11N5O2S/c1-17-7-8(5-14-17)11-15-10(19-16-11)6-13-12(18)9-3-2-4-20-9/h2-5,7H,6H2,1H3,(H,13,18). The van der Waals surface area contributed by atoms with Crippen molar-refractivity contribution in [2.45, 2.75) is 6.54 Å². The first-order chi connectivity index (χ1) is 9.72. The highest BCUT2D eigenvalue weighted by Crippen LogP contribution is 2.14. The Morgan fingerprint density at radius 3 is 3.15 bits per heavy atom. The zero-order chi connectivity index (χ0) is 13.9. The number of amides is 1. The molecule has 0 saturated heterocycles. The minimum atomic E-state index is -0.152. The molecule has 0 spiro atoms. The smallest absolute Gasteiger partial charge is 0.261 e. The van der Waals surface area contributed by atoms with E-state index in [2.05, 4.69) is 20.6 Å². The average Bonchev–Trinajstić information content (AvgIpc) is 3.16. The van der Waals surface area contributed by atoms with E-state index in [1.165, 1.54) is 11.3 Å². The topological polar surface area (TPSA) is 85.8 Å². The molecule has 1 amide bonds. The number of hydrogen-bond acceptors (Lipinski definition) is 6. The van der Waals surface area contributed by atoms with Crippen LogP contribution >= 0.6 is 11.3 Å². The second kappa shape index (κ2) is 5.25. The average molecular weight is 289 g/mol. The van der Waals surface area contributed by atoms with E-state index in [1.807, 2.05) is 18.5 Å². The van der Waals surface area contributed by atoms with E-state index in [1.54, 1.807) is 23.1 Å². The maximum atomic E-state index is 11.8. The van der Waals surface area contributed by atoms with Crippen LogP contribution in [0.4, 0.5) is 0 Å². The predicted molar refractivity (Wildman–Crippen MR) is 72.0 cm³/mol. The summed E-state index contributed by atoms with van der Waals surface area (Å²) in [6.07, 6.45) is 3.44. The van der Waals surface area contributed by atoms with Gasteiger partial charge in [0.2, 0.25) is 11.7 Å². The van der Waals surface area contributed by atoms with Gasteiger partial charge in [-0.1, -0.05) is 11.2 Å². The molecule has 8 heteroatoms. The van der Waals surface area contributed by atoms with Gasteiger partial charge in [-0.15, -0.1) is 11.3 Å². The molecule has 0 unspecified atom stereocenters. The summed E-state index contributed by atoms with van der Waals surface area (Å²) in [5.41, 5.74) is 0.770. The number of aryl methyl sites for hydroxylation is 1. The number of hydrogen-bond donors (Lipinski definition) is 1. The van der Waals surface area contributed by atoms with Gasteiger partial charge in [-0.2, -0.15) is 10.1 Å². The highest BCUT2D eigenvalue weighted by atomic mass is 32.1. The van der Waals surface area contributed by atoms with Crippen LogP contribution in [0.5, 0.6) is 0 Å². The third-order valence-electron chi connectivity index (χ3n) is 2.58. The van der Waals surface area contributed by atoms with Gasteiger partial charge >= 0.3 is 0 Å². The Bertz CT molecular complexity index is 716. The molecule has 102 valence electrons. The van der Waals surface area contributed by atoms with Crippen molar-refractivity contribution in [1.82, 2.24) is 25.2 Å². The molecule has 0 aliphatic rings. The monoisotopic (exact) mass is 289 g/mol. The van der Waals surface area contributed by atoms with E-state index in [9.17, 15) is 4.79 Å². The molecule has 0 aliphatic carbocycles. The van der Waals surface area contributed by atoms with Gasteiger partial charge in [0.1, 0.15) is 0 Å². The molecule has 0 bridgehead atoms. The zero-order valence-electron chi connectivity index (χ0n) is 10.6. The molecule has 0 aliphatic heterocycles. The molecular formula is C12H11N5O2S. The van der Waals surface area contributed by atoms with Crippen molar-refractivity contribution >= 4 is 17.2 Å². The molecular weight excluding hydrogens is 278 g/mol. The van der Waals surface area contributed by atoms with E-state index < -0.39 is 0 Å². The Morgan fingerprint density at radius 1 is 1.55 bits per heavy atom. The maximum Gasteiger partial charge on any atom is 0.261 e. The van der Waals surface area contributed by atoms with E-state index >= 15 is 0 Å². The minimum absolute atomic E-state index is 0.152. The molecule has 20 heavy (non-hydrogen) atoms. The van der Waals surface area contributed by atoms with Gasteiger partial charge in [0.05, 0.1) is 23.2 Å². The summed E-state index contributed by atoms with van der Waals surface area (Å²) < 4.78 is 6.74. The van der Waals surface area contributed by atoms with E-state index in [-0.39, 0.29) is 12.5 Å². The van der Waals surface area contributed by atoms with Crippen LogP contribution in [0.2, 0.25) is 0 Å². The number of carbonyl (C=O) groups is 1. The van der Waals surface area contributed by atoms with E-state index in [4.69, 9.17) is 4.52 Å². The third kappa shape index (κ3) is 2.59. The fourth-order valence-electron chi connectivity index (χ4n) is 1.63. The van der Waals surface area contributed by atoms with Crippen molar-refractivity contribution in [1.29, 1.82) is 0 Å². The summed E-state index contributed by atoms with van der Waals surface area (Å²) in [4.78, 5) is 16.6. The molecule has 3 heterocycles. The van der Waals surface area contributed by atoms with Gasteiger partial charge in [0.25, 0.3) is 5.91 Å². The molecule has 0 saturated carbocycles. The molecule has 0 aromatic carbocycles. The van der Waals surface area contributed by atoms with Crippen molar-refractivity contribution in [2.24, 2.45) is 7.05 Å². The largest absolute Gasteiger partial charge is 0.342 e. The van der Waals surface area contributed by atoms with Crippen molar-refractivity contribution in [3.8, 4) is 11.4 Å². The summed E-state index contributed by atoms with van der Waals surface area (Å²) in [5.74, 6) is 0.661. The molecule has 3 rings (SSSR count). The first-order valence-corrected chi connectivity index (χ1v) is 6.73. The number of nitrogens with zero attached hydrogens (tertiary/aromatic N) is 4. The third-order valence-corrected chi connectivity index (χ3v) is 3.44. The second-order valence-electron chi connectivity index (χ2n) is 4.07. The molecule has 0 fully saturated rings. The number of aromatic nitrogens is 4. The van der Waals surface area contributed by atoms with Gasteiger partial charge in [-0.3, -0.25) is 9.48 Å². The van der Waals surface area contributed by atoms with Gasteiger partial charge < -0.3 is 9.84 Å². The van der Waals surface area contributed by atoms with Crippen molar-refractivity contribution in [3.05, 3.63) is 40.7 Å². The fraction of sp³-hybridized carbons (Fsp3) is 0.167. The zero-order valence-corrected chi connectivity index (χ0v) is 11.4. The molecule has 3 aromatic rings. The number of rotatable bonds is 4.